The van der Waals surface area contributed by atoms with E-state index < -0.39 is 17.3 Å². The highest BCUT2D eigenvalue weighted by Crippen LogP contribution is 2.08. The molecule has 0 spiro atoms. The fourth-order valence-corrected chi connectivity index (χ4v) is 0.756. The lowest BCUT2D eigenvalue weighted by atomic mass is 10.1. The van der Waals surface area contributed by atoms with Crippen LogP contribution in [0.25, 0.3) is 0 Å². The monoisotopic (exact) mass is 213 g/mol. The highest BCUT2D eigenvalue weighted by Gasteiger charge is 2.21. The average Bonchev–Trinajstić information content (AvgIpc) is 2.12. The van der Waals surface area contributed by atoms with Crippen molar-refractivity contribution in [3.63, 3.8) is 0 Å². The average molecular weight is 213 g/mol. The third-order valence-electron chi connectivity index (χ3n) is 1.62. The molecule has 4 nitrogen and oxygen atoms in total. The number of ether oxygens (including phenoxy) is 1. The molecular weight excluding hydrogens is 194 g/mol. The topological polar surface area (TPSA) is 58.6 Å². The summed E-state index contributed by atoms with van der Waals surface area (Å²) in [6.45, 7) is 12.2. The maximum absolute atomic E-state index is 11.2. The molecule has 0 aliphatic carbocycles. The lowest BCUT2D eigenvalue weighted by molar-refractivity contribution is 0.0474. The molecule has 0 aliphatic rings. The lowest BCUT2D eigenvalue weighted by Gasteiger charge is -2.23. The highest BCUT2D eigenvalue weighted by molar-refractivity contribution is 5.67. The van der Waals surface area contributed by atoms with Gasteiger partial charge in [-0.1, -0.05) is 25.3 Å². The molecule has 0 aliphatic heterocycles. The number of carbonyl (C=O) groups is 1. The molecule has 0 fully saturated rings. The number of rotatable bonds is 4. The van der Waals surface area contributed by atoms with Crippen LogP contribution in [0.4, 0.5) is 4.79 Å². The van der Waals surface area contributed by atoms with Crippen molar-refractivity contribution in [2.45, 2.75) is 32.0 Å². The first-order chi connectivity index (χ1) is 6.72. The second-order valence-electron chi connectivity index (χ2n) is 4.25. The molecule has 0 saturated carbocycles. The molecule has 0 aromatic rings. The van der Waals surface area contributed by atoms with Gasteiger partial charge in [-0.25, -0.2) is 4.79 Å². The standard InChI is InChI=1S/C11H19NO3/c1-6-11(14,7-2)8-12-9(13)15-10(3,4)5/h6-7,14H,1-2,8H2,3-5H3,(H,12,13). The normalized spacial score (nSPS) is 11.7. The third-order valence-corrected chi connectivity index (χ3v) is 1.62. The second kappa shape index (κ2) is 4.98. The molecule has 0 saturated heterocycles. The van der Waals surface area contributed by atoms with Crippen LogP contribution in [0.2, 0.25) is 0 Å². The number of hydrogen-bond donors (Lipinski definition) is 2. The maximum atomic E-state index is 11.2. The van der Waals surface area contributed by atoms with E-state index in [1.54, 1.807) is 20.8 Å². The van der Waals surface area contributed by atoms with Crippen LogP contribution in [-0.2, 0) is 4.74 Å². The van der Waals surface area contributed by atoms with Crippen molar-refractivity contribution in [3.05, 3.63) is 25.3 Å². The van der Waals surface area contributed by atoms with Gasteiger partial charge in [-0.15, -0.1) is 0 Å². The molecular formula is C11H19NO3. The van der Waals surface area contributed by atoms with E-state index in [1.165, 1.54) is 12.2 Å². The van der Waals surface area contributed by atoms with Crippen LogP contribution in [0.15, 0.2) is 25.3 Å². The molecule has 0 radical (unpaired) electrons. The van der Waals surface area contributed by atoms with Crippen molar-refractivity contribution in [1.29, 1.82) is 0 Å². The van der Waals surface area contributed by atoms with Gasteiger partial charge in [-0.2, -0.15) is 0 Å². The van der Waals surface area contributed by atoms with Gasteiger partial charge in [0.15, 0.2) is 0 Å². The van der Waals surface area contributed by atoms with Crippen LogP contribution in [0.5, 0.6) is 0 Å². The van der Waals surface area contributed by atoms with Gasteiger partial charge in [0.2, 0.25) is 0 Å². The van der Waals surface area contributed by atoms with Crippen LogP contribution in [0.1, 0.15) is 20.8 Å². The van der Waals surface area contributed by atoms with E-state index in [-0.39, 0.29) is 6.54 Å². The summed E-state index contributed by atoms with van der Waals surface area (Å²) in [5.74, 6) is 0. The van der Waals surface area contributed by atoms with Crippen LogP contribution in [0, 0.1) is 0 Å². The largest absolute Gasteiger partial charge is 0.444 e. The number of hydrogen-bond acceptors (Lipinski definition) is 3. The number of alkyl carbamates (subject to hydrolysis) is 1. The lowest BCUT2D eigenvalue weighted by Crippen LogP contribution is -2.42. The quantitative estimate of drug-likeness (QED) is 0.697. The van der Waals surface area contributed by atoms with Gasteiger partial charge in [-0.05, 0) is 20.8 Å². The van der Waals surface area contributed by atoms with Crippen LogP contribution < -0.4 is 5.32 Å². The van der Waals surface area contributed by atoms with Crippen molar-refractivity contribution in [1.82, 2.24) is 5.32 Å². The minimum Gasteiger partial charge on any atom is -0.444 e. The first-order valence-corrected chi connectivity index (χ1v) is 4.69. The molecule has 0 aromatic carbocycles. The zero-order valence-corrected chi connectivity index (χ0v) is 9.54. The Labute approximate surface area is 90.6 Å². The Morgan fingerprint density at radius 2 is 1.87 bits per heavy atom. The minimum atomic E-state index is -1.29. The van der Waals surface area contributed by atoms with E-state index in [4.69, 9.17) is 4.74 Å². The zero-order chi connectivity index (χ0) is 12.1. The van der Waals surface area contributed by atoms with E-state index in [0.29, 0.717) is 0 Å². The van der Waals surface area contributed by atoms with Gasteiger partial charge >= 0.3 is 6.09 Å². The first-order valence-electron chi connectivity index (χ1n) is 4.69. The summed E-state index contributed by atoms with van der Waals surface area (Å²) in [5, 5.41) is 12.1. The Morgan fingerprint density at radius 1 is 1.40 bits per heavy atom. The smallest absolute Gasteiger partial charge is 0.407 e. The molecule has 0 atom stereocenters. The van der Waals surface area contributed by atoms with E-state index in [9.17, 15) is 9.90 Å². The van der Waals surface area contributed by atoms with Crippen molar-refractivity contribution in [3.8, 4) is 0 Å². The summed E-state index contributed by atoms with van der Waals surface area (Å²) in [7, 11) is 0. The summed E-state index contributed by atoms with van der Waals surface area (Å²) in [5.41, 5.74) is -1.85. The summed E-state index contributed by atoms with van der Waals surface area (Å²) in [4.78, 5) is 11.2. The Kier molecular flexibility index (Phi) is 4.55. The minimum absolute atomic E-state index is 0.00505. The number of amides is 1. The fourth-order valence-electron chi connectivity index (χ4n) is 0.756. The van der Waals surface area contributed by atoms with Crippen molar-refractivity contribution >= 4 is 6.09 Å². The maximum Gasteiger partial charge on any atom is 0.407 e. The molecule has 0 unspecified atom stereocenters. The van der Waals surface area contributed by atoms with E-state index >= 15 is 0 Å². The molecule has 0 rings (SSSR count). The van der Waals surface area contributed by atoms with Gasteiger partial charge < -0.3 is 15.2 Å². The highest BCUT2D eigenvalue weighted by atomic mass is 16.6. The second-order valence-corrected chi connectivity index (χ2v) is 4.25. The Balaban J connectivity index is 4.11. The van der Waals surface area contributed by atoms with E-state index in [1.807, 2.05) is 0 Å². The SMILES string of the molecule is C=CC(O)(C=C)CNC(=O)OC(C)(C)C. The Morgan fingerprint density at radius 3 is 2.20 bits per heavy atom. The summed E-state index contributed by atoms with van der Waals surface area (Å²) in [6.07, 6.45) is 2.03. The van der Waals surface area contributed by atoms with Crippen LogP contribution in [-0.4, -0.2) is 28.9 Å². The van der Waals surface area contributed by atoms with Gasteiger partial charge in [-0.3, -0.25) is 0 Å². The molecule has 1 amide bonds. The third kappa shape index (κ3) is 5.91. The molecule has 86 valence electrons. The molecule has 0 bridgehead atoms. The fraction of sp³-hybridized carbons (Fsp3) is 0.545. The number of carbonyl (C=O) groups excluding carboxylic acids is 1. The van der Waals surface area contributed by atoms with Crippen molar-refractivity contribution in [2.24, 2.45) is 0 Å². The molecule has 0 heterocycles. The molecule has 0 aromatic heterocycles. The van der Waals surface area contributed by atoms with Gasteiger partial charge in [0.25, 0.3) is 0 Å². The first kappa shape index (κ1) is 13.7. The summed E-state index contributed by atoms with van der Waals surface area (Å²) in [6, 6.07) is 0. The zero-order valence-electron chi connectivity index (χ0n) is 9.54. The molecule has 15 heavy (non-hydrogen) atoms. The predicted octanol–water partition coefficient (Wildman–Crippen LogP) is 1.61. The van der Waals surface area contributed by atoms with Gasteiger partial charge in [0.05, 0.1) is 6.54 Å². The Bertz CT molecular complexity index is 245. The van der Waals surface area contributed by atoms with Crippen molar-refractivity contribution < 1.29 is 14.6 Å². The summed E-state index contributed by atoms with van der Waals surface area (Å²) >= 11 is 0. The van der Waals surface area contributed by atoms with Crippen molar-refractivity contribution in [2.75, 3.05) is 6.54 Å². The van der Waals surface area contributed by atoms with E-state index in [0.717, 1.165) is 0 Å². The van der Waals surface area contributed by atoms with Gasteiger partial charge in [0, 0.05) is 0 Å². The Hall–Kier alpha value is -1.29. The molecule has 4 heteroatoms. The van der Waals surface area contributed by atoms with Crippen LogP contribution in [0.3, 0.4) is 0 Å². The van der Waals surface area contributed by atoms with Gasteiger partial charge in [0.1, 0.15) is 11.2 Å². The molecule has 2 N–H and O–H groups in total. The summed E-state index contributed by atoms with van der Waals surface area (Å²) < 4.78 is 4.99. The predicted molar refractivity (Wildman–Crippen MR) is 59.6 cm³/mol. The number of nitrogens with one attached hydrogen (secondary N) is 1. The van der Waals surface area contributed by atoms with Crippen LogP contribution >= 0.6 is 0 Å². The van der Waals surface area contributed by atoms with E-state index in [2.05, 4.69) is 18.5 Å². The number of aliphatic hydroxyl groups is 1.